The van der Waals surface area contributed by atoms with Crippen molar-refractivity contribution in [3.8, 4) is 0 Å². The second kappa shape index (κ2) is 10.7. The van der Waals surface area contributed by atoms with Crippen LogP contribution in [0, 0.1) is 0 Å². The van der Waals surface area contributed by atoms with Crippen LogP contribution in [0.4, 0.5) is 4.79 Å². The van der Waals surface area contributed by atoms with E-state index >= 15 is 0 Å². The molecule has 0 rings (SSSR count). The molecule has 0 aromatic heterocycles. The minimum atomic E-state index is -1.50. The average Bonchev–Trinajstić information content (AvgIpc) is 2.27. The molecule has 0 aromatic rings. The monoisotopic (exact) mass is 235 g/mol. The van der Waals surface area contributed by atoms with Crippen LogP contribution in [0.5, 0.6) is 0 Å². The van der Waals surface area contributed by atoms with E-state index in [0.717, 1.165) is 24.9 Å². The fourth-order valence-electron chi connectivity index (χ4n) is 1.17. The number of nitrogens with zero attached hydrogens (tertiary/aromatic N) is 1. The van der Waals surface area contributed by atoms with E-state index in [9.17, 15) is 0 Å². The Balaban J connectivity index is 0. The number of quaternary nitrogens is 1. The number of ether oxygens (including phenoxy) is 2. The summed E-state index contributed by atoms with van der Waals surface area (Å²) in [5.41, 5.74) is 0. The maximum atomic E-state index is 9.03. The minimum absolute atomic E-state index is 0.844. The number of carboxylic acid groups (broad SMARTS) is 1. The summed E-state index contributed by atoms with van der Waals surface area (Å²) in [5, 5.41) is 9.03. The lowest BCUT2D eigenvalue weighted by Gasteiger charge is -2.32. The average molecular weight is 235 g/mol. The van der Waals surface area contributed by atoms with Crippen LogP contribution in [-0.2, 0) is 9.47 Å². The first-order chi connectivity index (χ1) is 7.45. The van der Waals surface area contributed by atoms with Gasteiger partial charge in [0.25, 0.3) is 6.16 Å². The number of carbonyl (C=O) groups excluding carboxylic acids is 1. The van der Waals surface area contributed by atoms with Gasteiger partial charge in [0.15, 0.2) is 6.73 Å². The zero-order valence-electron chi connectivity index (χ0n) is 11.1. The van der Waals surface area contributed by atoms with Crippen molar-refractivity contribution in [1.29, 1.82) is 0 Å². The Morgan fingerprint density at radius 1 is 1.31 bits per heavy atom. The lowest BCUT2D eigenvalue weighted by Crippen LogP contribution is -2.45. The van der Waals surface area contributed by atoms with E-state index in [-0.39, 0.29) is 0 Å². The van der Waals surface area contributed by atoms with Crippen LogP contribution in [0.15, 0.2) is 0 Å². The maximum Gasteiger partial charge on any atom is 0.251 e. The van der Waals surface area contributed by atoms with Gasteiger partial charge in [0.05, 0.1) is 20.1 Å². The summed E-state index contributed by atoms with van der Waals surface area (Å²) < 4.78 is 9.77. The number of hydrogen-bond donors (Lipinski definition) is 0. The van der Waals surface area contributed by atoms with E-state index in [4.69, 9.17) is 14.6 Å². The molecule has 0 bridgehead atoms. The standard InChI is InChI=1S/C9H22NO.C2H4O3/c1-5-7-8-10(3,6-2)9-11-4;1-5-2(3)4/h5-9H2,1-4H3;1H3,(H,3,4)/q+1;/p-1. The number of rotatable bonds is 6. The molecule has 0 spiro atoms. The van der Waals surface area contributed by atoms with Gasteiger partial charge in [-0.3, -0.25) is 0 Å². The zero-order chi connectivity index (χ0) is 13.0. The molecule has 0 fully saturated rings. The van der Waals surface area contributed by atoms with E-state index in [1.54, 1.807) is 7.11 Å². The van der Waals surface area contributed by atoms with Gasteiger partial charge in [0.2, 0.25) is 0 Å². The lowest BCUT2D eigenvalue weighted by atomic mass is 10.3. The van der Waals surface area contributed by atoms with Crippen molar-refractivity contribution in [3.05, 3.63) is 0 Å². The summed E-state index contributed by atoms with van der Waals surface area (Å²) in [6, 6.07) is 0. The van der Waals surface area contributed by atoms with Gasteiger partial charge in [-0.2, -0.15) is 0 Å². The summed E-state index contributed by atoms with van der Waals surface area (Å²) in [6.45, 7) is 7.69. The van der Waals surface area contributed by atoms with E-state index in [2.05, 4.69) is 25.6 Å². The molecule has 0 aromatic carbocycles. The van der Waals surface area contributed by atoms with Crippen LogP contribution in [-0.4, -0.2) is 51.7 Å². The topological polar surface area (TPSA) is 58.6 Å². The Labute approximate surface area is 98.5 Å². The second-order valence-corrected chi connectivity index (χ2v) is 3.88. The molecular formula is C11H25NO4. The molecule has 0 radical (unpaired) electrons. The van der Waals surface area contributed by atoms with Gasteiger partial charge in [-0.15, -0.1) is 0 Å². The molecule has 0 N–H and O–H groups in total. The Bertz CT molecular complexity index is 175. The van der Waals surface area contributed by atoms with Gasteiger partial charge in [-0.25, -0.2) is 0 Å². The molecule has 0 heterocycles. The van der Waals surface area contributed by atoms with Crippen molar-refractivity contribution < 1.29 is 23.9 Å². The van der Waals surface area contributed by atoms with Crippen molar-refractivity contribution in [3.63, 3.8) is 0 Å². The Hall–Kier alpha value is -0.810. The van der Waals surface area contributed by atoms with Gasteiger partial charge in [0, 0.05) is 14.2 Å². The molecule has 0 saturated carbocycles. The van der Waals surface area contributed by atoms with Crippen molar-refractivity contribution in [1.82, 2.24) is 0 Å². The SMILES string of the molecule is CCCC[N+](C)(CC)COC.COC(=O)[O-]. The van der Waals surface area contributed by atoms with Gasteiger partial charge < -0.3 is 23.9 Å². The van der Waals surface area contributed by atoms with Crippen molar-refractivity contribution in [2.45, 2.75) is 26.7 Å². The van der Waals surface area contributed by atoms with E-state index in [1.807, 2.05) is 0 Å². The number of unbranched alkanes of at least 4 members (excludes halogenated alkanes) is 1. The number of carbonyl (C=O) groups is 1. The molecule has 16 heavy (non-hydrogen) atoms. The zero-order valence-corrected chi connectivity index (χ0v) is 11.1. The van der Waals surface area contributed by atoms with Crippen LogP contribution in [0.25, 0.3) is 0 Å². The summed E-state index contributed by atoms with van der Waals surface area (Å²) in [5.74, 6) is 0. The Morgan fingerprint density at radius 2 is 1.81 bits per heavy atom. The molecule has 0 aliphatic rings. The summed E-state index contributed by atoms with van der Waals surface area (Å²) >= 11 is 0. The van der Waals surface area contributed by atoms with Crippen LogP contribution in [0.2, 0.25) is 0 Å². The molecule has 0 aliphatic carbocycles. The predicted octanol–water partition coefficient (Wildman–Crippen LogP) is 0.833. The molecule has 98 valence electrons. The van der Waals surface area contributed by atoms with Gasteiger partial charge in [0.1, 0.15) is 0 Å². The van der Waals surface area contributed by atoms with Crippen LogP contribution in [0.1, 0.15) is 26.7 Å². The largest absolute Gasteiger partial charge is 0.553 e. The van der Waals surface area contributed by atoms with Crippen LogP contribution in [0.3, 0.4) is 0 Å². The molecule has 1 unspecified atom stereocenters. The first-order valence-corrected chi connectivity index (χ1v) is 5.53. The Morgan fingerprint density at radius 3 is 2.06 bits per heavy atom. The highest BCUT2D eigenvalue weighted by Crippen LogP contribution is 2.04. The van der Waals surface area contributed by atoms with Gasteiger partial charge in [-0.05, 0) is 13.3 Å². The highest BCUT2D eigenvalue weighted by Gasteiger charge is 2.16. The fourth-order valence-corrected chi connectivity index (χ4v) is 1.17. The summed E-state index contributed by atoms with van der Waals surface area (Å²) in [4.78, 5) is 9.03. The van der Waals surface area contributed by atoms with Crippen molar-refractivity contribution >= 4 is 6.16 Å². The number of methoxy groups -OCH3 is 2. The first-order valence-electron chi connectivity index (χ1n) is 5.53. The lowest BCUT2D eigenvalue weighted by molar-refractivity contribution is -0.926. The van der Waals surface area contributed by atoms with Gasteiger partial charge >= 0.3 is 0 Å². The summed E-state index contributed by atoms with van der Waals surface area (Å²) in [7, 11) is 5.06. The third-order valence-electron chi connectivity index (χ3n) is 2.42. The van der Waals surface area contributed by atoms with Crippen molar-refractivity contribution in [2.75, 3.05) is 41.1 Å². The minimum Gasteiger partial charge on any atom is -0.553 e. The Kier molecular flexibility index (Phi) is 11.8. The van der Waals surface area contributed by atoms with E-state index in [1.165, 1.54) is 19.4 Å². The second-order valence-electron chi connectivity index (χ2n) is 3.88. The molecule has 0 amide bonds. The molecule has 0 aliphatic heterocycles. The predicted molar refractivity (Wildman–Crippen MR) is 60.8 cm³/mol. The smallest absolute Gasteiger partial charge is 0.251 e. The van der Waals surface area contributed by atoms with Crippen LogP contribution >= 0.6 is 0 Å². The molecular weight excluding hydrogens is 210 g/mol. The molecule has 5 heteroatoms. The highest BCUT2D eigenvalue weighted by atomic mass is 16.6. The molecule has 1 atom stereocenters. The van der Waals surface area contributed by atoms with E-state index < -0.39 is 6.16 Å². The van der Waals surface area contributed by atoms with Crippen LogP contribution < -0.4 is 5.11 Å². The normalized spacial score (nSPS) is 13.3. The van der Waals surface area contributed by atoms with Gasteiger partial charge in [-0.1, -0.05) is 13.3 Å². The highest BCUT2D eigenvalue weighted by molar-refractivity contribution is 5.53. The third-order valence-corrected chi connectivity index (χ3v) is 2.42. The maximum absolute atomic E-state index is 9.03. The quantitative estimate of drug-likeness (QED) is 0.389. The van der Waals surface area contributed by atoms with E-state index in [0.29, 0.717) is 0 Å². The van der Waals surface area contributed by atoms with Crippen molar-refractivity contribution in [2.24, 2.45) is 0 Å². The first kappa shape index (κ1) is 17.6. The molecule has 5 nitrogen and oxygen atoms in total. The number of hydrogen-bond acceptors (Lipinski definition) is 4. The fraction of sp³-hybridized carbons (Fsp3) is 0.909. The molecule has 0 saturated heterocycles. The third kappa shape index (κ3) is 11.3. The summed E-state index contributed by atoms with van der Waals surface area (Å²) in [6.07, 6.45) is 1.08.